The molecule has 0 radical (unpaired) electrons. The first-order chi connectivity index (χ1) is 11.6. The van der Waals surface area contributed by atoms with Gasteiger partial charge in [0, 0.05) is 13.6 Å². The van der Waals surface area contributed by atoms with Crippen LogP contribution in [0.25, 0.3) is 0 Å². The van der Waals surface area contributed by atoms with E-state index >= 15 is 0 Å². The molecule has 0 aromatic carbocycles. The fourth-order valence-corrected chi connectivity index (χ4v) is 2.90. The van der Waals surface area contributed by atoms with Gasteiger partial charge in [-0.25, -0.2) is 9.78 Å². The molecule has 1 fully saturated rings. The molecule has 3 rings (SSSR count). The summed E-state index contributed by atoms with van der Waals surface area (Å²) in [5.41, 5.74) is 0. The van der Waals surface area contributed by atoms with Crippen molar-refractivity contribution >= 4 is 23.5 Å². The van der Waals surface area contributed by atoms with Crippen LogP contribution in [0, 0.1) is 0 Å². The van der Waals surface area contributed by atoms with Crippen LogP contribution in [0.2, 0.25) is 5.15 Å². The van der Waals surface area contributed by atoms with Crippen molar-refractivity contribution in [3.8, 4) is 0 Å². The Balaban J connectivity index is 1.67. The molecule has 1 amide bonds. The van der Waals surface area contributed by atoms with E-state index in [0.717, 1.165) is 12.8 Å². The molecule has 2 aromatic rings. The summed E-state index contributed by atoms with van der Waals surface area (Å²) in [4.78, 5) is 30.6. The third-order valence-electron chi connectivity index (χ3n) is 4.14. The van der Waals surface area contributed by atoms with E-state index in [1.807, 2.05) is 0 Å². The van der Waals surface area contributed by atoms with Gasteiger partial charge in [-0.1, -0.05) is 11.6 Å². The zero-order valence-electron chi connectivity index (χ0n) is 13.3. The zero-order valence-corrected chi connectivity index (χ0v) is 14.0. The number of amides is 1. The van der Waals surface area contributed by atoms with Gasteiger partial charge >= 0.3 is 5.97 Å². The van der Waals surface area contributed by atoms with E-state index in [2.05, 4.69) is 4.98 Å². The summed E-state index contributed by atoms with van der Waals surface area (Å²) in [7, 11) is 1.74. The van der Waals surface area contributed by atoms with Crippen molar-refractivity contribution in [3.63, 3.8) is 0 Å². The van der Waals surface area contributed by atoms with Gasteiger partial charge in [-0.05, 0) is 31.4 Å². The number of ether oxygens (including phenoxy) is 1. The SMILES string of the molecule is Cn1c(Cl)cnc1COC(=O)C1CCCCN1C(=O)c1ccco1. The van der Waals surface area contributed by atoms with Crippen LogP contribution < -0.4 is 0 Å². The molecule has 128 valence electrons. The molecule has 1 aliphatic rings. The van der Waals surface area contributed by atoms with Gasteiger partial charge in [0.25, 0.3) is 5.91 Å². The van der Waals surface area contributed by atoms with E-state index < -0.39 is 12.0 Å². The molecule has 3 heterocycles. The van der Waals surface area contributed by atoms with Crippen LogP contribution in [0.15, 0.2) is 29.0 Å². The fourth-order valence-electron chi connectivity index (χ4n) is 2.75. The Morgan fingerprint density at radius 3 is 2.96 bits per heavy atom. The number of hydrogen-bond donors (Lipinski definition) is 0. The van der Waals surface area contributed by atoms with E-state index in [4.69, 9.17) is 20.8 Å². The Morgan fingerprint density at radius 1 is 1.46 bits per heavy atom. The molecule has 0 aliphatic carbocycles. The first-order valence-electron chi connectivity index (χ1n) is 7.75. The molecule has 0 saturated carbocycles. The Hall–Kier alpha value is -2.28. The Morgan fingerprint density at radius 2 is 2.29 bits per heavy atom. The highest BCUT2D eigenvalue weighted by atomic mass is 35.5. The van der Waals surface area contributed by atoms with Gasteiger partial charge in [-0.2, -0.15) is 0 Å². The minimum Gasteiger partial charge on any atom is -0.459 e. The number of halogens is 1. The highest BCUT2D eigenvalue weighted by Gasteiger charge is 2.34. The van der Waals surface area contributed by atoms with Crippen molar-refractivity contribution in [2.75, 3.05) is 6.54 Å². The second kappa shape index (κ2) is 7.09. The van der Waals surface area contributed by atoms with Crippen molar-refractivity contribution in [1.82, 2.24) is 14.5 Å². The topological polar surface area (TPSA) is 77.6 Å². The molecular weight excluding hydrogens is 334 g/mol. The quantitative estimate of drug-likeness (QED) is 0.790. The lowest BCUT2D eigenvalue weighted by molar-refractivity contribution is -0.151. The normalized spacial score (nSPS) is 17.8. The van der Waals surface area contributed by atoms with Crippen molar-refractivity contribution in [3.05, 3.63) is 41.3 Å². The third-order valence-corrected chi connectivity index (χ3v) is 4.49. The average molecular weight is 352 g/mol. The monoisotopic (exact) mass is 351 g/mol. The van der Waals surface area contributed by atoms with Crippen molar-refractivity contribution in [1.29, 1.82) is 0 Å². The minimum atomic E-state index is -0.605. The summed E-state index contributed by atoms with van der Waals surface area (Å²) < 4.78 is 12.1. The highest BCUT2D eigenvalue weighted by molar-refractivity contribution is 6.29. The minimum absolute atomic E-state index is 0.0152. The molecular formula is C16H18ClN3O4. The van der Waals surface area contributed by atoms with Crippen LogP contribution in [0.3, 0.4) is 0 Å². The number of furan rings is 1. The third kappa shape index (κ3) is 3.31. The largest absolute Gasteiger partial charge is 0.459 e. The summed E-state index contributed by atoms with van der Waals surface area (Å²) in [6.45, 7) is 0.523. The summed E-state index contributed by atoms with van der Waals surface area (Å²) in [5, 5.41) is 0.466. The Bertz CT molecular complexity index is 726. The number of nitrogens with zero attached hydrogens (tertiary/aromatic N) is 3. The molecule has 0 spiro atoms. The second-order valence-electron chi connectivity index (χ2n) is 5.65. The molecule has 0 N–H and O–H groups in total. The number of piperidine rings is 1. The van der Waals surface area contributed by atoms with Gasteiger partial charge in [-0.3, -0.25) is 4.79 Å². The van der Waals surface area contributed by atoms with Crippen LogP contribution in [0.5, 0.6) is 0 Å². The van der Waals surface area contributed by atoms with Gasteiger partial charge in [0.2, 0.25) is 0 Å². The lowest BCUT2D eigenvalue weighted by atomic mass is 10.0. The zero-order chi connectivity index (χ0) is 17.1. The second-order valence-corrected chi connectivity index (χ2v) is 6.04. The van der Waals surface area contributed by atoms with E-state index in [9.17, 15) is 9.59 Å². The predicted molar refractivity (Wildman–Crippen MR) is 85.4 cm³/mol. The fraction of sp³-hybridized carbons (Fsp3) is 0.438. The standard InChI is InChI=1S/C16H18ClN3O4/c1-19-13(17)9-18-14(19)10-24-16(22)11-5-2-3-7-20(11)15(21)12-6-4-8-23-12/h4,6,8-9,11H,2-3,5,7,10H2,1H3. The van der Waals surface area contributed by atoms with Crippen LogP contribution >= 0.6 is 11.6 Å². The summed E-state index contributed by atoms with van der Waals surface area (Å²) >= 11 is 5.91. The van der Waals surface area contributed by atoms with Crippen molar-refractivity contribution in [2.24, 2.45) is 7.05 Å². The number of carbonyl (C=O) groups excluding carboxylic acids is 2. The van der Waals surface area contributed by atoms with Gasteiger partial charge in [-0.15, -0.1) is 0 Å². The summed E-state index contributed by atoms with van der Waals surface area (Å²) in [5.74, 6) is 0.0501. The average Bonchev–Trinajstić information content (AvgIpc) is 3.24. The number of carbonyl (C=O) groups is 2. The molecule has 24 heavy (non-hydrogen) atoms. The molecule has 1 aliphatic heterocycles. The van der Waals surface area contributed by atoms with E-state index in [1.54, 1.807) is 23.7 Å². The van der Waals surface area contributed by atoms with Crippen LogP contribution in [0.4, 0.5) is 0 Å². The molecule has 8 heteroatoms. The molecule has 2 aromatic heterocycles. The number of esters is 1. The van der Waals surface area contributed by atoms with Crippen molar-refractivity contribution in [2.45, 2.75) is 31.9 Å². The van der Waals surface area contributed by atoms with E-state index in [0.29, 0.717) is 23.9 Å². The van der Waals surface area contributed by atoms with Crippen molar-refractivity contribution < 1.29 is 18.7 Å². The van der Waals surface area contributed by atoms with E-state index in [1.165, 1.54) is 17.4 Å². The molecule has 1 unspecified atom stereocenters. The molecule has 1 atom stereocenters. The molecule has 0 bridgehead atoms. The Kier molecular flexibility index (Phi) is 4.89. The van der Waals surface area contributed by atoms with Gasteiger partial charge < -0.3 is 18.6 Å². The first kappa shape index (κ1) is 16.6. The maximum atomic E-state index is 12.5. The van der Waals surface area contributed by atoms with Gasteiger partial charge in [0.1, 0.15) is 23.6 Å². The maximum Gasteiger partial charge on any atom is 0.329 e. The number of imidazole rings is 1. The van der Waals surface area contributed by atoms with Crippen LogP contribution in [-0.4, -0.2) is 38.9 Å². The summed E-state index contributed by atoms with van der Waals surface area (Å²) in [6, 6.07) is 2.64. The summed E-state index contributed by atoms with van der Waals surface area (Å²) in [6.07, 6.45) is 5.24. The predicted octanol–water partition coefficient (Wildman–Crippen LogP) is 2.40. The van der Waals surface area contributed by atoms with Gasteiger partial charge in [0.15, 0.2) is 5.76 Å². The lowest BCUT2D eigenvalue weighted by Crippen LogP contribution is -2.48. The number of hydrogen-bond acceptors (Lipinski definition) is 5. The lowest BCUT2D eigenvalue weighted by Gasteiger charge is -2.33. The van der Waals surface area contributed by atoms with E-state index in [-0.39, 0.29) is 18.3 Å². The smallest absolute Gasteiger partial charge is 0.329 e. The number of rotatable bonds is 4. The highest BCUT2D eigenvalue weighted by Crippen LogP contribution is 2.21. The van der Waals surface area contributed by atoms with Crippen LogP contribution in [0.1, 0.15) is 35.6 Å². The number of likely N-dealkylation sites (tertiary alicyclic amines) is 1. The van der Waals surface area contributed by atoms with Crippen LogP contribution in [-0.2, 0) is 23.2 Å². The number of aromatic nitrogens is 2. The first-order valence-corrected chi connectivity index (χ1v) is 8.13. The molecule has 1 saturated heterocycles. The molecule has 7 nitrogen and oxygen atoms in total. The Labute approximate surface area is 144 Å². The van der Waals surface area contributed by atoms with Gasteiger partial charge in [0.05, 0.1) is 12.5 Å². The maximum absolute atomic E-state index is 12.5.